The van der Waals surface area contributed by atoms with E-state index in [0.29, 0.717) is 37.9 Å². The minimum absolute atomic E-state index is 0.0478. The molecule has 0 aliphatic carbocycles. The van der Waals surface area contributed by atoms with Gasteiger partial charge in [-0.3, -0.25) is 9.59 Å². The minimum Gasteiger partial charge on any atom is -0.366 e. The van der Waals surface area contributed by atoms with Gasteiger partial charge in [0.15, 0.2) is 5.82 Å². The van der Waals surface area contributed by atoms with E-state index in [4.69, 9.17) is 4.52 Å². The molecular weight excluding hydrogens is 358 g/mol. The summed E-state index contributed by atoms with van der Waals surface area (Å²) in [7, 11) is 0. The normalized spacial score (nSPS) is 14.2. The van der Waals surface area contributed by atoms with Crippen molar-refractivity contribution in [1.29, 1.82) is 0 Å². The Morgan fingerprint density at radius 2 is 1.96 bits per heavy atom. The van der Waals surface area contributed by atoms with E-state index in [0.717, 1.165) is 11.4 Å². The summed E-state index contributed by atoms with van der Waals surface area (Å²) < 4.78 is 5.15. The molecule has 2 heterocycles. The van der Waals surface area contributed by atoms with E-state index in [2.05, 4.69) is 26.9 Å². The lowest BCUT2D eigenvalue weighted by molar-refractivity contribution is -0.126. The van der Waals surface area contributed by atoms with Gasteiger partial charge in [-0.2, -0.15) is 4.98 Å². The number of aromatic nitrogens is 2. The van der Waals surface area contributed by atoms with Crippen LogP contribution in [-0.4, -0.2) is 53.0 Å². The van der Waals surface area contributed by atoms with Gasteiger partial charge in [0, 0.05) is 32.1 Å². The Bertz CT molecular complexity index is 853. The molecule has 0 unspecified atom stereocenters. The van der Waals surface area contributed by atoms with Crippen molar-refractivity contribution in [2.45, 2.75) is 26.2 Å². The maximum atomic E-state index is 12.5. The summed E-state index contributed by atoms with van der Waals surface area (Å²) in [6.45, 7) is 10.1. The summed E-state index contributed by atoms with van der Waals surface area (Å²) in [6, 6.07) is 7.64. The second kappa shape index (κ2) is 8.69. The number of benzene rings is 1. The van der Waals surface area contributed by atoms with Gasteiger partial charge in [0.25, 0.3) is 0 Å². The molecule has 0 spiro atoms. The van der Waals surface area contributed by atoms with Crippen molar-refractivity contribution < 1.29 is 14.1 Å². The van der Waals surface area contributed by atoms with Gasteiger partial charge in [-0.15, -0.1) is 0 Å². The number of carbonyl (C=O) groups is 2. The zero-order chi connectivity index (χ0) is 20.1. The maximum absolute atomic E-state index is 12.5. The van der Waals surface area contributed by atoms with Crippen molar-refractivity contribution in [2.75, 3.05) is 36.4 Å². The second-order valence-corrected chi connectivity index (χ2v) is 6.96. The smallest absolute Gasteiger partial charge is 0.246 e. The number of piperazine rings is 1. The van der Waals surface area contributed by atoms with Crippen LogP contribution in [-0.2, 0) is 16.0 Å². The standard InChI is InChI=1S/C20H25N5O3/c1-4-19(27)25-11-9-24(10-12-25)16-8-6-5-7-15(16)21-18(26)13-17-22-20(14(2)3)28-23-17/h4-8,14H,1,9-13H2,2-3H3,(H,21,26). The summed E-state index contributed by atoms with van der Waals surface area (Å²) in [5, 5.41) is 6.80. The number of hydrogen-bond donors (Lipinski definition) is 1. The van der Waals surface area contributed by atoms with Gasteiger partial charge in [0.2, 0.25) is 17.7 Å². The summed E-state index contributed by atoms with van der Waals surface area (Å²) in [5.74, 6) is 0.758. The fourth-order valence-corrected chi connectivity index (χ4v) is 3.06. The molecule has 2 aromatic rings. The third-order valence-corrected chi connectivity index (χ3v) is 4.58. The van der Waals surface area contributed by atoms with Crippen LogP contribution >= 0.6 is 0 Å². The number of carbonyl (C=O) groups excluding carboxylic acids is 2. The molecule has 148 valence electrons. The first kappa shape index (κ1) is 19.6. The van der Waals surface area contributed by atoms with Gasteiger partial charge in [-0.25, -0.2) is 0 Å². The van der Waals surface area contributed by atoms with Crippen molar-refractivity contribution in [3.63, 3.8) is 0 Å². The van der Waals surface area contributed by atoms with Crippen LogP contribution in [0.3, 0.4) is 0 Å². The summed E-state index contributed by atoms with van der Waals surface area (Å²) in [5.41, 5.74) is 1.65. The van der Waals surface area contributed by atoms with Crippen LogP contribution in [0.1, 0.15) is 31.5 Å². The Morgan fingerprint density at radius 1 is 1.25 bits per heavy atom. The number of hydrogen-bond acceptors (Lipinski definition) is 6. The van der Waals surface area contributed by atoms with Gasteiger partial charge in [-0.05, 0) is 18.2 Å². The van der Waals surface area contributed by atoms with E-state index >= 15 is 0 Å². The highest BCUT2D eigenvalue weighted by atomic mass is 16.5. The molecule has 0 bridgehead atoms. The number of rotatable bonds is 6. The van der Waals surface area contributed by atoms with Crippen LogP contribution in [0, 0.1) is 0 Å². The third-order valence-electron chi connectivity index (χ3n) is 4.58. The first-order valence-electron chi connectivity index (χ1n) is 9.35. The molecule has 0 atom stereocenters. The van der Waals surface area contributed by atoms with Gasteiger partial charge in [0.05, 0.1) is 17.8 Å². The summed E-state index contributed by atoms with van der Waals surface area (Å²) >= 11 is 0. The molecule has 0 saturated carbocycles. The summed E-state index contributed by atoms with van der Waals surface area (Å²) in [6.07, 6.45) is 1.39. The molecule has 0 radical (unpaired) electrons. The predicted molar refractivity (Wildman–Crippen MR) is 106 cm³/mol. The quantitative estimate of drug-likeness (QED) is 0.769. The molecular formula is C20H25N5O3. The van der Waals surface area contributed by atoms with E-state index in [-0.39, 0.29) is 24.2 Å². The Hall–Kier alpha value is -3.16. The topological polar surface area (TPSA) is 91.6 Å². The van der Waals surface area contributed by atoms with Crippen molar-refractivity contribution in [1.82, 2.24) is 15.0 Å². The third kappa shape index (κ3) is 4.57. The van der Waals surface area contributed by atoms with E-state index in [1.807, 2.05) is 38.1 Å². The predicted octanol–water partition coefficient (Wildman–Crippen LogP) is 2.21. The molecule has 1 N–H and O–H groups in total. The number of nitrogens with one attached hydrogen (secondary N) is 1. The van der Waals surface area contributed by atoms with Crippen LogP contribution in [0.4, 0.5) is 11.4 Å². The molecule has 28 heavy (non-hydrogen) atoms. The minimum atomic E-state index is -0.205. The average Bonchev–Trinajstić information content (AvgIpc) is 3.16. The molecule has 3 rings (SSSR count). The number of para-hydroxylation sites is 2. The first-order valence-corrected chi connectivity index (χ1v) is 9.35. The van der Waals surface area contributed by atoms with Crippen LogP contribution in [0.2, 0.25) is 0 Å². The van der Waals surface area contributed by atoms with E-state index < -0.39 is 0 Å². The highest BCUT2D eigenvalue weighted by molar-refractivity contribution is 5.95. The first-order chi connectivity index (χ1) is 13.5. The molecule has 1 aromatic carbocycles. The van der Waals surface area contributed by atoms with Crippen LogP contribution in [0.25, 0.3) is 0 Å². The SMILES string of the molecule is C=CC(=O)N1CCN(c2ccccc2NC(=O)Cc2noc(C(C)C)n2)CC1. The monoisotopic (exact) mass is 383 g/mol. The molecule has 8 heteroatoms. The zero-order valence-electron chi connectivity index (χ0n) is 16.2. The van der Waals surface area contributed by atoms with Crippen LogP contribution < -0.4 is 10.2 Å². The number of amides is 2. The lowest BCUT2D eigenvalue weighted by atomic mass is 10.2. The van der Waals surface area contributed by atoms with Gasteiger partial charge < -0.3 is 19.6 Å². The fourth-order valence-electron chi connectivity index (χ4n) is 3.06. The number of nitrogens with zero attached hydrogens (tertiary/aromatic N) is 4. The maximum Gasteiger partial charge on any atom is 0.246 e. The number of anilines is 2. The highest BCUT2D eigenvalue weighted by Gasteiger charge is 2.22. The van der Waals surface area contributed by atoms with Crippen molar-refractivity contribution in [3.05, 3.63) is 48.6 Å². The average molecular weight is 383 g/mol. The van der Waals surface area contributed by atoms with Crippen molar-refractivity contribution in [2.24, 2.45) is 0 Å². The Kier molecular flexibility index (Phi) is 6.08. The van der Waals surface area contributed by atoms with E-state index in [1.54, 1.807) is 4.90 Å². The Balaban J connectivity index is 1.64. The zero-order valence-corrected chi connectivity index (χ0v) is 16.2. The molecule has 1 aromatic heterocycles. The van der Waals surface area contributed by atoms with Crippen LogP contribution in [0.15, 0.2) is 41.4 Å². The molecule has 2 amide bonds. The van der Waals surface area contributed by atoms with Gasteiger partial charge >= 0.3 is 0 Å². The Labute approximate surface area is 164 Å². The van der Waals surface area contributed by atoms with E-state index in [1.165, 1.54) is 6.08 Å². The molecule has 8 nitrogen and oxygen atoms in total. The Morgan fingerprint density at radius 3 is 2.61 bits per heavy atom. The van der Waals surface area contributed by atoms with Gasteiger partial charge in [-0.1, -0.05) is 37.7 Å². The second-order valence-electron chi connectivity index (χ2n) is 6.96. The van der Waals surface area contributed by atoms with Crippen molar-refractivity contribution in [3.8, 4) is 0 Å². The lowest BCUT2D eigenvalue weighted by Crippen LogP contribution is -2.48. The van der Waals surface area contributed by atoms with E-state index in [9.17, 15) is 9.59 Å². The molecule has 1 fully saturated rings. The molecule has 1 saturated heterocycles. The van der Waals surface area contributed by atoms with Gasteiger partial charge in [0.1, 0.15) is 0 Å². The van der Waals surface area contributed by atoms with Crippen LogP contribution in [0.5, 0.6) is 0 Å². The molecule has 1 aliphatic rings. The highest BCUT2D eigenvalue weighted by Crippen LogP contribution is 2.27. The lowest BCUT2D eigenvalue weighted by Gasteiger charge is -2.36. The summed E-state index contributed by atoms with van der Waals surface area (Å²) in [4.78, 5) is 32.4. The fraction of sp³-hybridized carbons (Fsp3) is 0.400. The largest absolute Gasteiger partial charge is 0.366 e. The molecule has 1 aliphatic heterocycles. The van der Waals surface area contributed by atoms with Crippen molar-refractivity contribution >= 4 is 23.2 Å².